The first-order valence-electron chi connectivity index (χ1n) is 11.4. The van der Waals surface area contributed by atoms with Crippen molar-refractivity contribution in [1.82, 2.24) is 0 Å². The molecule has 0 amide bonds. The summed E-state index contributed by atoms with van der Waals surface area (Å²) in [5.74, 6) is 2.90. The molecule has 174 valence electrons. The van der Waals surface area contributed by atoms with Crippen LogP contribution < -0.4 is 17.1 Å². The lowest BCUT2D eigenvalue weighted by molar-refractivity contribution is -0.904. The fraction of sp³-hybridized carbons (Fsp3) is 0.556. The lowest BCUT2D eigenvalue weighted by atomic mass is 9.82. The zero-order valence-corrected chi connectivity index (χ0v) is 21.1. The fourth-order valence-corrected chi connectivity index (χ4v) is 3.90. The molecule has 0 bridgehead atoms. The van der Waals surface area contributed by atoms with E-state index < -0.39 is 0 Å². The van der Waals surface area contributed by atoms with Gasteiger partial charge < -0.3 is 26.4 Å². The summed E-state index contributed by atoms with van der Waals surface area (Å²) in [7, 11) is 4.50. The van der Waals surface area contributed by atoms with Crippen LogP contribution in [-0.4, -0.2) is 44.9 Å². The molecule has 4 heteroatoms. The van der Waals surface area contributed by atoms with Gasteiger partial charge in [-0.15, -0.1) is 0 Å². The Morgan fingerprint density at radius 3 is 2.03 bits per heavy atom. The minimum atomic E-state index is 0. The van der Waals surface area contributed by atoms with Crippen molar-refractivity contribution in [2.45, 2.75) is 46.6 Å². The third-order valence-corrected chi connectivity index (χ3v) is 5.63. The Bertz CT molecular complexity index is 714. The maximum atomic E-state index is 5.88. The second-order valence-electron chi connectivity index (χ2n) is 9.81. The van der Waals surface area contributed by atoms with Crippen molar-refractivity contribution in [3.8, 4) is 5.75 Å². The molecule has 0 N–H and O–H groups in total. The molecule has 0 aliphatic carbocycles. The maximum Gasteiger partial charge on any atom is 0.119 e. The summed E-state index contributed by atoms with van der Waals surface area (Å²) in [6.07, 6.45) is 1.23. The molecular weight excluding hydrogens is 406 g/mol. The zero-order valence-electron chi connectivity index (χ0n) is 20.3. The summed E-state index contributed by atoms with van der Waals surface area (Å²) < 4.78 is 12.6. The molecule has 0 fully saturated rings. The molecule has 0 saturated heterocycles. The van der Waals surface area contributed by atoms with Crippen LogP contribution in [0, 0.1) is 11.8 Å². The molecule has 1 unspecified atom stereocenters. The number of quaternary nitrogens is 1. The highest BCUT2D eigenvalue weighted by atomic mass is 35.5. The molecule has 0 spiro atoms. The Morgan fingerprint density at radius 2 is 1.45 bits per heavy atom. The molecule has 0 saturated carbocycles. The van der Waals surface area contributed by atoms with Crippen LogP contribution in [0.2, 0.25) is 0 Å². The van der Waals surface area contributed by atoms with Gasteiger partial charge in [0.2, 0.25) is 0 Å². The molecule has 0 aliphatic heterocycles. The first-order chi connectivity index (χ1) is 14.3. The average Bonchev–Trinajstić information content (AvgIpc) is 2.69. The second-order valence-corrected chi connectivity index (χ2v) is 9.81. The Morgan fingerprint density at radius 1 is 0.806 bits per heavy atom. The highest BCUT2D eigenvalue weighted by Crippen LogP contribution is 2.31. The monoisotopic (exact) mass is 447 g/mol. The number of likely N-dealkylation sites (N-methyl/N-ethyl adjacent to an activating group) is 1. The van der Waals surface area contributed by atoms with Crippen molar-refractivity contribution >= 4 is 0 Å². The molecule has 1 atom stereocenters. The minimum absolute atomic E-state index is 0. The van der Waals surface area contributed by atoms with E-state index >= 15 is 0 Å². The van der Waals surface area contributed by atoms with E-state index in [-0.39, 0.29) is 12.4 Å². The zero-order chi connectivity index (χ0) is 22.0. The molecule has 2 rings (SSSR count). The summed E-state index contributed by atoms with van der Waals surface area (Å²) in [6.45, 7) is 13.2. The molecule has 0 aliphatic rings. The van der Waals surface area contributed by atoms with Crippen LogP contribution in [0.25, 0.3) is 0 Å². The molecule has 31 heavy (non-hydrogen) atoms. The van der Waals surface area contributed by atoms with E-state index in [0.29, 0.717) is 31.0 Å². The van der Waals surface area contributed by atoms with Gasteiger partial charge in [0.05, 0.1) is 27.3 Å². The number of hydrogen-bond acceptors (Lipinski definition) is 2. The third-order valence-electron chi connectivity index (χ3n) is 5.63. The van der Waals surface area contributed by atoms with Crippen molar-refractivity contribution in [3.05, 3.63) is 65.7 Å². The minimum Gasteiger partial charge on any atom is -1.00 e. The molecule has 3 nitrogen and oxygen atoms in total. The van der Waals surface area contributed by atoms with Gasteiger partial charge in [0.25, 0.3) is 0 Å². The smallest absolute Gasteiger partial charge is 0.119 e. The number of nitrogens with zero attached hydrogens (tertiary/aromatic N) is 1. The number of benzene rings is 2. The lowest BCUT2D eigenvalue weighted by Gasteiger charge is -2.29. The SMILES string of the molecule is CC(C)CC(c1ccc(OCCOCC[N+](C)(C)Cc2ccccc2)cc1)C(C)C.[Cl-]. The van der Waals surface area contributed by atoms with Gasteiger partial charge >= 0.3 is 0 Å². The van der Waals surface area contributed by atoms with Crippen molar-refractivity contribution in [3.63, 3.8) is 0 Å². The van der Waals surface area contributed by atoms with Crippen molar-refractivity contribution in [2.24, 2.45) is 11.8 Å². The second kappa shape index (κ2) is 13.8. The Hall–Kier alpha value is -1.55. The van der Waals surface area contributed by atoms with Crippen LogP contribution in [-0.2, 0) is 11.3 Å². The topological polar surface area (TPSA) is 18.5 Å². The van der Waals surface area contributed by atoms with E-state index in [1.54, 1.807) is 0 Å². The van der Waals surface area contributed by atoms with Crippen LogP contribution in [0.15, 0.2) is 54.6 Å². The van der Waals surface area contributed by atoms with Crippen LogP contribution >= 0.6 is 0 Å². The van der Waals surface area contributed by atoms with Crippen molar-refractivity contribution in [2.75, 3.05) is 40.5 Å². The van der Waals surface area contributed by atoms with Gasteiger partial charge in [0.1, 0.15) is 25.4 Å². The van der Waals surface area contributed by atoms with Crippen LogP contribution in [0.3, 0.4) is 0 Å². The maximum absolute atomic E-state index is 5.88. The first-order valence-corrected chi connectivity index (χ1v) is 11.4. The van der Waals surface area contributed by atoms with E-state index in [2.05, 4.69) is 96.4 Å². The molecule has 2 aromatic rings. The number of rotatable bonds is 13. The van der Waals surface area contributed by atoms with Crippen LogP contribution in [0.5, 0.6) is 5.75 Å². The van der Waals surface area contributed by atoms with Gasteiger partial charge in [-0.1, -0.05) is 70.2 Å². The third kappa shape index (κ3) is 10.5. The lowest BCUT2D eigenvalue weighted by Crippen LogP contribution is -3.00. The standard InChI is InChI=1S/C27H42NO2.ClH/c1-22(2)20-27(23(3)4)25-12-14-26(15-13-25)30-19-18-29-17-16-28(5,6)21-24-10-8-7-9-11-24;/h7-15,22-23,27H,16-21H2,1-6H3;1H/q+1;/p-1. The molecule has 0 radical (unpaired) electrons. The van der Waals surface area contributed by atoms with E-state index in [9.17, 15) is 0 Å². The number of halogens is 1. The van der Waals surface area contributed by atoms with E-state index in [0.717, 1.165) is 29.9 Å². The first kappa shape index (κ1) is 27.5. The summed E-state index contributed by atoms with van der Waals surface area (Å²) >= 11 is 0. The average molecular weight is 448 g/mol. The number of ether oxygens (including phenoxy) is 2. The van der Waals surface area contributed by atoms with Crippen LogP contribution in [0.4, 0.5) is 0 Å². The van der Waals surface area contributed by atoms with Gasteiger partial charge in [0.15, 0.2) is 0 Å². The Balaban J connectivity index is 0.00000480. The van der Waals surface area contributed by atoms with Gasteiger partial charge in [-0.3, -0.25) is 0 Å². The van der Waals surface area contributed by atoms with Crippen molar-refractivity contribution in [1.29, 1.82) is 0 Å². The number of hydrogen-bond donors (Lipinski definition) is 0. The fourth-order valence-electron chi connectivity index (χ4n) is 3.90. The highest BCUT2D eigenvalue weighted by molar-refractivity contribution is 5.29. The Labute approximate surface area is 196 Å². The summed E-state index contributed by atoms with van der Waals surface area (Å²) in [5.41, 5.74) is 2.78. The predicted molar refractivity (Wildman–Crippen MR) is 127 cm³/mol. The van der Waals surface area contributed by atoms with E-state index in [4.69, 9.17) is 9.47 Å². The largest absolute Gasteiger partial charge is 1.00 e. The quantitative estimate of drug-likeness (QED) is 0.347. The van der Waals surface area contributed by atoms with Gasteiger partial charge in [0, 0.05) is 5.56 Å². The van der Waals surface area contributed by atoms with Crippen LogP contribution in [0.1, 0.15) is 51.2 Å². The van der Waals surface area contributed by atoms with Gasteiger partial charge in [-0.2, -0.15) is 0 Å². The van der Waals surface area contributed by atoms with Gasteiger partial charge in [-0.05, 0) is 41.9 Å². The summed E-state index contributed by atoms with van der Waals surface area (Å²) in [6, 6.07) is 19.3. The normalized spacial score (nSPS) is 12.6. The highest BCUT2D eigenvalue weighted by Gasteiger charge is 2.17. The molecular formula is C27H42ClNO2. The summed E-state index contributed by atoms with van der Waals surface area (Å²) in [5, 5.41) is 0. The van der Waals surface area contributed by atoms with Gasteiger partial charge in [-0.25, -0.2) is 0 Å². The Kier molecular flexibility index (Phi) is 12.2. The van der Waals surface area contributed by atoms with E-state index in [1.807, 2.05) is 0 Å². The van der Waals surface area contributed by atoms with E-state index in [1.165, 1.54) is 17.5 Å². The molecule has 0 aromatic heterocycles. The van der Waals surface area contributed by atoms with Crippen molar-refractivity contribution < 1.29 is 26.4 Å². The molecule has 2 aromatic carbocycles. The predicted octanol–water partition coefficient (Wildman–Crippen LogP) is 3.15. The summed E-state index contributed by atoms with van der Waals surface area (Å²) in [4.78, 5) is 0. The molecule has 0 heterocycles.